The normalized spacial score (nSPS) is 11.7. The molecular weight excluding hydrogens is 405 g/mol. The van der Waals surface area contributed by atoms with E-state index in [0.717, 1.165) is 0 Å². The Balaban J connectivity index is -0.000000458. The molecule has 0 saturated carbocycles. The molecule has 0 saturated heterocycles. The third-order valence-corrected chi connectivity index (χ3v) is 2.75. The maximum Gasteiger partial charge on any atom is 1.00 e. The first kappa shape index (κ1) is 27.1. The fourth-order valence-electron chi connectivity index (χ4n) is 1.42. The molecule has 0 aromatic heterocycles. The summed E-state index contributed by atoms with van der Waals surface area (Å²) in [6.45, 7) is 1.17. The molecule has 2 unspecified atom stereocenters. The van der Waals surface area contributed by atoms with Gasteiger partial charge in [0.25, 0.3) is 17.1 Å². The van der Waals surface area contributed by atoms with Crippen LogP contribution < -0.4 is 51.4 Å². The van der Waals surface area contributed by atoms with Crippen LogP contribution >= 0.6 is 0 Å². The van der Waals surface area contributed by atoms with Crippen LogP contribution in [-0.4, -0.2) is 59.3 Å². The Morgan fingerprint density at radius 1 is 0.889 bits per heavy atom. The van der Waals surface area contributed by atoms with Gasteiger partial charge in [-0.1, -0.05) is 0 Å². The molecule has 0 aliphatic heterocycles. The first-order chi connectivity index (χ1) is 11.8. The van der Waals surface area contributed by atoms with Gasteiger partial charge < -0.3 is 21.9 Å². The minimum atomic E-state index is -2.27. The maximum atomic E-state index is 10.5. The number of benzene rings is 1. The van der Waals surface area contributed by atoms with E-state index in [-0.39, 0.29) is 58.4 Å². The summed E-state index contributed by atoms with van der Waals surface area (Å²) in [4.78, 5) is 48.3. The van der Waals surface area contributed by atoms with Crippen LogP contribution in [0.3, 0.4) is 0 Å². The van der Waals surface area contributed by atoms with E-state index in [1.54, 1.807) is 0 Å². The number of nitro groups is 3. The summed E-state index contributed by atoms with van der Waals surface area (Å²) in [5, 5.41) is 64.0. The molecular formula is C11H12KN3O12. The van der Waals surface area contributed by atoms with Crippen molar-refractivity contribution in [2.24, 2.45) is 0 Å². The van der Waals surface area contributed by atoms with Crippen molar-refractivity contribution < 1.29 is 97.6 Å². The SMILES string of the molecule is Cc1c([N+](=O)[O-])cc([N+](=O)[O-])cc1[N+](=O)[O-].O=C(O)C(O)C(O)C(=O)O.[H-].[K+]. The van der Waals surface area contributed by atoms with Crippen LogP contribution in [0.1, 0.15) is 6.99 Å². The second-order valence-electron chi connectivity index (χ2n) is 4.45. The van der Waals surface area contributed by atoms with Crippen molar-refractivity contribution in [3.05, 3.63) is 48.0 Å². The topological polar surface area (TPSA) is 244 Å². The van der Waals surface area contributed by atoms with Gasteiger partial charge >= 0.3 is 63.3 Å². The number of aliphatic hydroxyl groups excluding tert-OH is 2. The van der Waals surface area contributed by atoms with Gasteiger partial charge in [-0.3, -0.25) is 30.3 Å². The molecule has 144 valence electrons. The molecule has 0 spiro atoms. The van der Waals surface area contributed by atoms with Crippen molar-refractivity contribution in [3.8, 4) is 0 Å². The summed E-state index contributed by atoms with van der Waals surface area (Å²) in [6.07, 6.45) is -4.53. The predicted octanol–water partition coefficient (Wildman–Crippen LogP) is -3.29. The third kappa shape index (κ3) is 7.99. The molecule has 0 amide bonds. The van der Waals surface area contributed by atoms with Gasteiger partial charge in [0.15, 0.2) is 12.2 Å². The Labute approximate surface area is 192 Å². The number of hydrogen-bond donors (Lipinski definition) is 4. The molecule has 2 atom stereocenters. The average molecular weight is 417 g/mol. The number of aliphatic carboxylic acids is 2. The fraction of sp³-hybridized carbons (Fsp3) is 0.273. The van der Waals surface area contributed by atoms with E-state index < -0.39 is 56.0 Å². The number of carboxylic acids is 2. The molecule has 0 aliphatic carbocycles. The van der Waals surface area contributed by atoms with Gasteiger partial charge in [0.05, 0.1) is 26.9 Å². The largest absolute Gasteiger partial charge is 1.00 e. The van der Waals surface area contributed by atoms with Crippen LogP contribution in [0.15, 0.2) is 12.1 Å². The summed E-state index contributed by atoms with van der Waals surface area (Å²) in [5.74, 6) is -3.54. The molecule has 0 bridgehead atoms. The number of carboxylic acid groups (broad SMARTS) is 2. The second kappa shape index (κ2) is 11.6. The molecule has 1 aromatic carbocycles. The van der Waals surface area contributed by atoms with Gasteiger partial charge in [-0.15, -0.1) is 0 Å². The van der Waals surface area contributed by atoms with Gasteiger partial charge in [-0.25, -0.2) is 9.59 Å². The molecule has 16 heteroatoms. The van der Waals surface area contributed by atoms with Crippen molar-refractivity contribution in [1.82, 2.24) is 0 Å². The van der Waals surface area contributed by atoms with Gasteiger partial charge in [-0.2, -0.15) is 0 Å². The number of carbonyl (C=O) groups is 2. The molecule has 15 nitrogen and oxygen atoms in total. The number of aliphatic hydroxyl groups is 2. The van der Waals surface area contributed by atoms with E-state index in [4.69, 9.17) is 20.4 Å². The quantitative estimate of drug-likeness (QED) is 0.202. The molecule has 1 rings (SSSR count). The Morgan fingerprint density at radius 3 is 1.37 bits per heavy atom. The monoisotopic (exact) mass is 417 g/mol. The minimum Gasteiger partial charge on any atom is -1.00 e. The van der Waals surface area contributed by atoms with Crippen molar-refractivity contribution in [3.63, 3.8) is 0 Å². The number of nitrogens with zero attached hydrogens (tertiary/aromatic N) is 3. The van der Waals surface area contributed by atoms with Crippen LogP contribution in [0.25, 0.3) is 0 Å². The van der Waals surface area contributed by atoms with Gasteiger partial charge in [-0.05, 0) is 6.92 Å². The van der Waals surface area contributed by atoms with Crippen LogP contribution in [0.5, 0.6) is 0 Å². The number of nitro benzene ring substituents is 3. The fourth-order valence-corrected chi connectivity index (χ4v) is 1.42. The summed E-state index contributed by atoms with van der Waals surface area (Å²) in [6, 6.07) is 1.39. The van der Waals surface area contributed by atoms with E-state index in [0.29, 0.717) is 12.1 Å². The molecule has 1 aromatic rings. The Morgan fingerprint density at radius 2 is 1.19 bits per heavy atom. The number of rotatable bonds is 6. The average Bonchev–Trinajstić information content (AvgIpc) is 2.53. The molecule has 0 heterocycles. The van der Waals surface area contributed by atoms with Gasteiger partial charge in [0.2, 0.25) is 0 Å². The third-order valence-electron chi connectivity index (χ3n) is 2.75. The summed E-state index contributed by atoms with van der Waals surface area (Å²) in [5.41, 5.74) is -2.16. The first-order valence-corrected chi connectivity index (χ1v) is 6.20. The first-order valence-electron chi connectivity index (χ1n) is 6.20. The van der Waals surface area contributed by atoms with Crippen molar-refractivity contribution >= 4 is 29.0 Å². The van der Waals surface area contributed by atoms with E-state index in [9.17, 15) is 39.9 Å². The van der Waals surface area contributed by atoms with Crippen LogP contribution in [0.2, 0.25) is 0 Å². The Bertz CT molecular complexity index is 720. The summed E-state index contributed by atoms with van der Waals surface area (Å²) >= 11 is 0. The smallest absolute Gasteiger partial charge is 1.00 e. The van der Waals surface area contributed by atoms with Crippen LogP contribution in [0.4, 0.5) is 17.1 Å². The van der Waals surface area contributed by atoms with Crippen molar-refractivity contribution in [1.29, 1.82) is 0 Å². The van der Waals surface area contributed by atoms with Crippen LogP contribution in [0, 0.1) is 37.3 Å². The molecule has 0 fully saturated rings. The molecule has 4 N–H and O–H groups in total. The number of non-ortho nitro benzene ring substituents is 1. The predicted molar refractivity (Wildman–Crippen MR) is 79.5 cm³/mol. The van der Waals surface area contributed by atoms with E-state index in [1.807, 2.05) is 0 Å². The van der Waals surface area contributed by atoms with Gasteiger partial charge in [0, 0.05) is 0 Å². The number of hydrogen-bond acceptors (Lipinski definition) is 10. The zero-order valence-electron chi connectivity index (χ0n) is 14.7. The molecule has 27 heavy (non-hydrogen) atoms. The Hall–Kier alpha value is -2.08. The maximum absolute atomic E-state index is 10.5. The summed E-state index contributed by atoms with van der Waals surface area (Å²) in [7, 11) is 0. The Kier molecular flexibility index (Phi) is 11.7. The van der Waals surface area contributed by atoms with E-state index in [1.165, 1.54) is 6.92 Å². The molecule has 0 radical (unpaired) electrons. The van der Waals surface area contributed by atoms with Crippen LogP contribution in [-0.2, 0) is 9.59 Å². The zero-order valence-corrected chi connectivity index (χ0v) is 16.8. The summed E-state index contributed by atoms with van der Waals surface area (Å²) < 4.78 is 0. The van der Waals surface area contributed by atoms with Gasteiger partial charge in [0.1, 0.15) is 5.56 Å². The van der Waals surface area contributed by atoms with E-state index >= 15 is 0 Å². The van der Waals surface area contributed by atoms with Crippen molar-refractivity contribution in [2.45, 2.75) is 19.1 Å². The minimum absolute atomic E-state index is 0. The molecule has 0 aliphatic rings. The van der Waals surface area contributed by atoms with Crippen molar-refractivity contribution in [2.75, 3.05) is 0 Å². The van der Waals surface area contributed by atoms with E-state index in [2.05, 4.69) is 0 Å². The standard InChI is InChI=1S/C7H5N3O6.C4H6O6.K.H/c1-4-6(9(13)14)2-5(8(11)12)3-7(4)10(15)16;5-1(3(7)8)2(6)4(9)10;;/h2-3H,1H3;1-2,5-6H,(H,7,8)(H,9,10);;/q;;+1;-1. The second-order valence-corrected chi connectivity index (χ2v) is 4.45. The zero-order chi connectivity index (χ0) is 20.8.